The zero-order chi connectivity index (χ0) is 28.1. The minimum atomic E-state index is 0.848. The second kappa shape index (κ2) is 8.37. The first kappa shape index (κ1) is 22.8. The third kappa shape index (κ3) is 3.08. The number of para-hydroxylation sites is 2. The molecular formula is C40H22O3. The summed E-state index contributed by atoms with van der Waals surface area (Å²) in [4.78, 5) is 0. The second-order valence-corrected chi connectivity index (χ2v) is 11.2. The van der Waals surface area contributed by atoms with Crippen LogP contribution in [0.25, 0.3) is 98.6 Å². The van der Waals surface area contributed by atoms with Crippen molar-refractivity contribution in [3.8, 4) is 22.3 Å². The lowest BCUT2D eigenvalue weighted by Gasteiger charge is -2.17. The van der Waals surface area contributed by atoms with E-state index in [1.54, 1.807) is 0 Å². The monoisotopic (exact) mass is 550 g/mol. The third-order valence-corrected chi connectivity index (χ3v) is 8.95. The Balaban J connectivity index is 1.34. The lowest BCUT2D eigenvalue weighted by atomic mass is 9.85. The molecule has 7 aromatic carbocycles. The molecule has 0 aliphatic heterocycles. The Morgan fingerprint density at radius 3 is 1.53 bits per heavy atom. The molecule has 0 aliphatic rings. The van der Waals surface area contributed by atoms with Crippen LogP contribution in [0.3, 0.4) is 0 Å². The highest BCUT2D eigenvalue weighted by molar-refractivity contribution is 6.27. The molecular weight excluding hydrogens is 528 g/mol. The largest absolute Gasteiger partial charge is 0.464 e. The molecule has 0 saturated heterocycles. The average Bonchev–Trinajstić information content (AvgIpc) is 3.75. The van der Waals surface area contributed by atoms with E-state index in [1.807, 2.05) is 36.6 Å². The van der Waals surface area contributed by atoms with Crippen LogP contribution < -0.4 is 0 Å². The van der Waals surface area contributed by atoms with Crippen molar-refractivity contribution in [2.24, 2.45) is 0 Å². The Kier molecular flexibility index (Phi) is 4.45. The molecule has 0 amide bonds. The van der Waals surface area contributed by atoms with Crippen molar-refractivity contribution in [3.05, 3.63) is 134 Å². The van der Waals surface area contributed by atoms with Crippen LogP contribution in [-0.4, -0.2) is 0 Å². The van der Waals surface area contributed by atoms with Crippen LogP contribution in [-0.2, 0) is 0 Å². The van der Waals surface area contributed by atoms with Crippen LogP contribution in [0, 0.1) is 0 Å². The van der Waals surface area contributed by atoms with E-state index in [4.69, 9.17) is 13.3 Å². The first-order chi connectivity index (χ1) is 21.3. The molecule has 0 radical (unpaired) electrons. The van der Waals surface area contributed by atoms with Gasteiger partial charge in [-0.25, -0.2) is 0 Å². The predicted molar refractivity (Wildman–Crippen MR) is 177 cm³/mol. The number of furan rings is 3. The van der Waals surface area contributed by atoms with Gasteiger partial charge in [0, 0.05) is 38.1 Å². The molecule has 3 heterocycles. The standard InChI is InChI=1S/C40H22O3/c1-3-13-26-24(11-1)38(29-16-9-19-35-40(29)28-15-6-8-18-34(28)42-35)25-12-2-4-14-27(25)39(26)32-22-41-36-20-30-23-10-5-7-17-33(23)43-37(30)21-31(32)36/h1-22H. The highest BCUT2D eigenvalue weighted by atomic mass is 16.3. The van der Waals surface area contributed by atoms with E-state index in [-0.39, 0.29) is 0 Å². The maximum atomic E-state index is 6.31. The molecule has 0 N–H and O–H groups in total. The van der Waals surface area contributed by atoms with Gasteiger partial charge in [0.2, 0.25) is 0 Å². The number of hydrogen-bond donors (Lipinski definition) is 0. The molecule has 3 nitrogen and oxygen atoms in total. The third-order valence-electron chi connectivity index (χ3n) is 8.95. The van der Waals surface area contributed by atoms with Gasteiger partial charge in [-0.2, -0.15) is 0 Å². The predicted octanol–water partition coefficient (Wildman–Crippen LogP) is 11.9. The molecule has 43 heavy (non-hydrogen) atoms. The van der Waals surface area contributed by atoms with E-state index < -0.39 is 0 Å². The van der Waals surface area contributed by atoms with Crippen LogP contribution in [0.15, 0.2) is 147 Å². The summed E-state index contributed by atoms with van der Waals surface area (Å²) < 4.78 is 18.9. The van der Waals surface area contributed by atoms with E-state index in [2.05, 4.69) is 97.1 Å². The summed E-state index contributed by atoms with van der Waals surface area (Å²) in [6, 6.07) is 44.5. The van der Waals surface area contributed by atoms with Crippen molar-refractivity contribution in [1.29, 1.82) is 0 Å². The average molecular weight is 551 g/mol. The molecule has 0 bridgehead atoms. The van der Waals surface area contributed by atoms with Gasteiger partial charge in [-0.1, -0.05) is 97.1 Å². The minimum absolute atomic E-state index is 0.848. The van der Waals surface area contributed by atoms with E-state index in [0.717, 1.165) is 66.0 Å². The second-order valence-electron chi connectivity index (χ2n) is 11.2. The zero-order valence-electron chi connectivity index (χ0n) is 22.9. The molecule has 0 saturated carbocycles. The van der Waals surface area contributed by atoms with E-state index in [1.165, 1.54) is 32.7 Å². The van der Waals surface area contributed by atoms with Gasteiger partial charge in [-0.05, 0) is 63.0 Å². The van der Waals surface area contributed by atoms with Crippen molar-refractivity contribution in [2.45, 2.75) is 0 Å². The molecule has 0 aliphatic carbocycles. The first-order valence-electron chi connectivity index (χ1n) is 14.5. The van der Waals surface area contributed by atoms with Crippen molar-refractivity contribution < 1.29 is 13.3 Å². The Morgan fingerprint density at radius 2 is 0.837 bits per heavy atom. The van der Waals surface area contributed by atoms with Crippen molar-refractivity contribution in [3.63, 3.8) is 0 Å². The molecule has 3 aromatic heterocycles. The Hall–Kier alpha value is -5.80. The quantitative estimate of drug-likeness (QED) is 0.201. The van der Waals surface area contributed by atoms with Crippen LogP contribution in [0.1, 0.15) is 0 Å². The fraction of sp³-hybridized carbons (Fsp3) is 0. The molecule has 200 valence electrons. The molecule has 10 aromatic rings. The van der Waals surface area contributed by atoms with E-state index in [0.29, 0.717) is 0 Å². The van der Waals surface area contributed by atoms with E-state index >= 15 is 0 Å². The summed E-state index contributed by atoms with van der Waals surface area (Å²) in [6.07, 6.45) is 1.91. The van der Waals surface area contributed by atoms with Crippen molar-refractivity contribution in [1.82, 2.24) is 0 Å². The highest BCUT2D eigenvalue weighted by Crippen LogP contribution is 2.48. The first-order valence-corrected chi connectivity index (χ1v) is 14.5. The van der Waals surface area contributed by atoms with Gasteiger partial charge in [0.15, 0.2) is 0 Å². The topological polar surface area (TPSA) is 39.4 Å². The molecule has 0 unspecified atom stereocenters. The Morgan fingerprint density at radius 1 is 0.326 bits per heavy atom. The maximum Gasteiger partial charge on any atom is 0.136 e. The summed E-state index contributed by atoms with van der Waals surface area (Å²) in [6.45, 7) is 0. The normalized spacial score (nSPS) is 12.2. The van der Waals surface area contributed by atoms with Gasteiger partial charge in [0.05, 0.1) is 6.26 Å². The lowest BCUT2D eigenvalue weighted by molar-refractivity contribution is 0.617. The highest BCUT2D eigenvalue weighted by Gasteiger charge is 2.22. The van der Waals surface area contributed by atoms with Gasteiger partial charge in [-0.15, -0.1) is 0 Å². The summed E-state index contributed by atoms with van der Waals surface area (Å²) in [5.74, 6) is 0. The summed E-state index contributed by atoms with van der Waals surface area (Å²) >= 11 is 0. The molecule has 0 atom stereocenters. The van der Waals surface area contributed by atoms with Crippen LogP contribution >= 0.6 is 0 Å². The number of fused-ring (bicyclic) bond motifs is 9. The lowest BCUT2D eigenvalue weighted by Crippen LogP contribution is -1.91. The van der Waals surface area contributed by atoms with Gasteiger partial charge in [-0.3, -0.25) is 0 Å². The molecule has 3 heteroatoms. The smallest absolute Gasteiger partial charge is 0.136 e. The van der Waals surface area contributed by atoms with Crippen LogP contribution in [0.2, 0.25) is 0 Å². The fourth-order valence-corrected chi connectivity index (χ4v) is 7.13. The summed E-state index contributed by atoms with van der Waals surface area (Å²) in [5, 5.41) is 10.2. The van der Waals surface area contributed by atoms with E-state index in [9.17, 15) is 0 Å². The molecule has 0 fully saturated rings. The Bertz CT molecular complexity index is 2680. The van der Waals surface area contributed by atoms with Crippen molar-refractivity contribution >= 4 is 76.4 Å². The van der Waals surface area contributed by atoms with Crippen LogP contribution in [0.5, 0.6) is 0 Å². The maximum absolute atomic E-state index is 6.31. The summed E-state index contributed by atoms with van der Waals surface area (Å²) in [7, 11) is 0. The Labute approximate surface area is 245 Å². The van der Waals surface area contributed by atoms with Gasteiger partial charge in [0.1, 0.15) is 27.9 Å². The zero-order valence-corrected chi connectivity index (χ0v) is 22.9. The number of hydrogen-bond acceptors (Lipinski definition) is 3. The van der Waals surface area contributed by atoms with Gasteiger partial charge < -0.3 is 13.3 Å². The van der Waals surface area contributed by atoms with Crippen molar-refractivity contribution in [2.75, 3.05) is 0 Å². The fourth-order valence-electron chi connectivity index (χ4n) is 7.13. The number of rotatable bonds is 2. The molecule has 0 spiro atoms. The minimum Gasteiger partial charge on any atom is -0.464 e. The van der Waals surface area contributed by atoms with Crippen LogP contribution in [0.4, 0.5) is 0 Å². The number of benzene rings is 7. The molecule has 10 rings (SSSR count). The summed E-state index contributed by atoms with van der Waals surface area (Å²) in [5.41, 5.74) is 8.98. The van der Waals surface area contributed by atoms with Gasteiger partial charge in [0.25, 0.3) is 0 Å². The van der Waals surface area contributed by atoms with Gasteiger partial charge >= 0.3 is 0 Å². The SMILES string of the molecule is c1ccc2c(c1)oc1cc3c(-c4c5ccccc5c(-c5cccc6oc7ccccc7c56)c5ccccc45)coc3cc12.